The minimum atomic E-state index is -1.67. The highest BCUT2D eigenvalue weighted by molar-refractivity contribution is 6.36. The maximum atomic E-state index is 4.83. The molecule has 0 N–H and O–H groups in total. The van der Waals surface area contributed by atoms with Crippen LogP contribution in [0.4, 0.5) is 0 Å². The molecule has 0 spiro atoms. The zero-order valence-corrected chi connectivity index (χ0v) is 10.5. The number of allylic oxidation sites excluding steroid dienone is 1. The first kappa shape index (κ1) is 15.8. The topological polar surface area (TPSA) is 36.9 Å². The van der Waals surface area contributed by atoms with Crippen LogP contribution in [-0.2, 0) is 18.0 Å². The van der Waals surface area contributed by atoms with Crippen LogP contribution in [0.1, 0.15) is 6.92 Å². The van der Waals surface area contributed by atoms with Gasteiger partial charge in [-0.05, 0) is 6.92 Å². The molecule has 0 atom stereocenters. The SMILES string of the molecule is C=CCOC=CC.CO[SiH](OC)OC. The second-order valence-corrected chi connectivity index (χ2v) is 4.08. The van der Waals surface area contributed by atoms with E-state index < -0.39 is 9.53 Å². The van der Waals surface area contributed by atoms with Crippen LogP contribution in [0.5, 0.6) is 0 Å². The van der Waals surface area contributed by atoms with Gasteiger partial charge in [0.2, 0.25) is 0 Å². The van der Waals surface area contributed by atoms with Gasteiger partial charge in [0.05, 0.1) is 6.26 Å². The molecule has 0 aliphatic carbocycles. The molecular formula is C9H20O4Si. The summed E-state index contributed by atoms with van der Waals surface area (Å²) >= 11 is 0. The smallest absolute Gasteiger partial charge is 0.483 e. The maximum Gasteiger partial charge on any atom is 0.483 e. The van der Waals surface area contributed by atoms with Crippen molar-refractivity contribution in [1.82, 2.24) is 0 Å². The van der Waals surface area contributed by atoms with Crippen molar-refractivity contribution in [2.24, 2.45) is 0 Å². The number of hydrogen-bond acceptors (Lipinski definition) is 4. The molecule has 0 saturated carbocycles. The molecule has 14 heavy (non-hydrogen) atoms. The van der Waals surface area contributed by atoms with Crippen molar-refractivity contribution in [1.29, 1.82) is 0 Å². The molecule has 0 aromatic rings. The molecule has 0 rings (SSSR count). The summed E-state index contributed by atoms with van der Waals surface area (Å²) in [6.07, 6.45) is 5.19. The van der Waals surface area contributed by atoms with Gasteiger partial charge >= 0.3 is 9.53 Å². The van der Waals surface area contributed by atoms with Gasteiger partial charge in [0.1, 0.15) is 6.61 Å². The average Bonchev–Trinajstić information content (AvgIpc) is 2.22. The highest BCUT2D eigenvalue weighted by atomic mass is 28.3. The normalized spacial score (nSPS) is 9.79. The van der Waals surface area contributed by atoms with Gasteiger partial charge in [-0.1, -0.05) is 18.7 Å². The summed E-state index contributed by atoms with van der Waals surface area (Å²) in [5.41, 5.74) is 0. The van der Waals surface area contributed by atoms with Crippen LogP contribution in [0.25, 0.3) is 0 Å². The molecule has 5 heteroatoms. The van der Waals surface area contributed by atoms with Gasteiger partial charge in [0, 0.05) is 21.3 Å². The Hall–Kier alpha value is -0.623. The van der Waals surface area contributed by atoms with E-state index in [1.165, 1.54) is 0 Å². The molecule has 0 fully saturated rings. The Balaban J connectivity index is 0. The van der Waals surface area contributed by atoms with Gasteiger partial charge in [-0.15, -0.1) is 0 Å². The highest BCUT2D eigenvalue weighted by Crippen LogP contribution is 1.81. The van der Waals surface area contributed by atoms with Crippen LogP contribution < -0.4 is 0 Å². The standard InChI is InChI=1S/C6H10O.C3H10O3Si/c1-3-5-7-6-4-2;1-4-7(5-2)6-3/h3-4,6H,1,5H2,2H3;7H,1-3H3. The Morgan fingerprint density at radius 3 is 1.86 bits per heavy atom. The van der Waals surface area contributed by atoms with Crippen LogP contribution in [-0.4, -0.2) is 37.5 Å². The Labute approximate surface area is 88.1 Å². The summed E-state index contributed by atoms with van der Waals surface area (Å²) in [7, 11) is 3.05. The van der Waals surface area contributed by atoms with E-state index >= 15 is 0 Å². The second kappa shape index (κ2) is 14.9. The summed E-state index contributed by atoms with van der Waals surface area (Å²) in [6, 6.07) is 0. The van der Waals surface area contributed by atoms with Crippen molar-refractivity contribution in [3.8, 4) is 0 Å². The van der Waals surface area contributed by atoms with Gasteiger partial charge < -0.3 is 18.0 Å². The van der Waals surface area contributed by atoms with Crippen molar-refractivity contribution >= 4 is 9.53 Å². The first-order valence-electron chi connectivity index (χ1n) is 4.18. The fraction of sp³-hybridized carbons (Fsp3) is 0.556. The zero-order chi connectivity index (χ0) is 11.2. The fourth-order valence-corrected chi connectivity index (χ4v) is 1.09. The number of ether oxygens (including phenoxy) is 1. The highest BCUT2D eigenvalue weighted by Gasteiger charge is 2.04. The number of hydrogen-bond donors (Lipinski definition) is 0. The predicted octanol–water partition coefficient (Wildman–Crippen LogP) is 1.37. The van der Waals surface area contributed by atoms with E-state index in [-0.39, 0.29) is 0 Å². The molecule has 0 amide bonds. The maximum absolute atomic E-state index is 4.83. The third-order valence-electron chi connectivity index (χ3n) is 1.02. The molecular weight excluding hydrogens is 200 g/mol. The van der Waals surface area contributed by atoms with E-state index in [2.05, 4.69) is 6.58 Å². The molecule has 4 nitrogen and oxygen atoms in total. The van der Waals surface area contributed by atoms with E-state index in [0.29, 0.717) is 6.61 Å². The Morgan fingerprint density at radius 1 is 1.14 bits per heavy atom. The van der Waals surface area contributed by atoms with E-state index in [1.54, 1.807) is 33.7 Å². The molecule has 0 unspecified atom stereocenters. The van der Waals surface area contributed by atoms with Crippen LogP contribution >= 0.6 is 0 Å². The molecule has 0 radical (unpaired) electrons. The average molecular weight is 220 g/mol. The van der Waals surface area contributed by atoms with E-state index in [9.17, 15) is 0 Å². The van der Waals surface area contributed by atoms with E-state index in [0.717, 1.165) is 0 Å². The van der Waals surface area contributed by atoms with Crippen molar-refractivity contribution in [2.75, 3.05) is 27.9 Å². The van der Waals surface area contributed by atoms with Crippen LogP contribution in [0.3, 0.4) is 0 Å². The number of rotatable bonds is 6. The molecule has 0 heterocycles. The molecule has 0 aromatic carbocycles. The monoisotopic (exact) mass is 220 g/mol. The molecule has 0 aliphatic rings. The van der Waals surface area contributed by atoms with Gasteiger partial charge in [0.15, 0.2) is 0 Å². The summed E-state index contributed by atoms with van der Waals surface area (Å²) < 4.78 is 19.1. The minimum absolute atomic E-state index is 0.602. The lowest BCUT2D eigenvalue weighted by Crippen LogP contribution is -2.21. The van der Waals surface area contributed by atoms with Gasteiger partial charge in [-0.2, -0.15) is 0 Å². The summed E-state index contributed by atoms with van der Waals surface area (Å²) in [6.45, 7) is 5.98. The van der Waals surface area contributed by atoms with Crippen molar-refractivity contribution in [3.05, 3.63) is 25.0 Å². The van der Waals surface area contributed by atoms with Crippen LogP contribution in [0.15, 0.2) is 25.0 Å². The second-order valence-electron chi connectivity index (χ2n) is 2.09. The zero-order valence-electron chi connectivity index (χ0n) is 9.36. The van der Waals surface area contributed by atoms with Crippen molar-refractivity contribution < 1.29 is 18.0 Å². The van der Waals surface area contributed by atoms with E-state index in [1.807, 2.05) is 13.0 Å². The van der Waals surface area contributed by atoms with Crippen LogP contribution in [0, 0.1) is 0 Å². The van der Waals surface area contributed by atoms with Crippen molar-refractivity contribution in [2.45, 2.75) is 6.92 Å². The van der Waals surface area contributed by atoms with Gasteiger partial charge in [-0.25, -0.2) is 0 Å². The quantitative estimate of drug-likeness (QED) is 0.293. The lowest BCUT2D eigenvalue weighted by Gasteiger charge is -2.05. The van der Waals surface area contributed by atoms with E-state index in [4.69, 9.17) is 18.0 Å². The van der Waals surface area contributed by atoms with Gasteiger partial charge in [0.25, 0.3) is 0 Å². The largest absolute Gasteiger partial charge is 0.498 e. The predicted molar refractivity (Wildman–Crippen MR) is 59.1 cm³/mol. The Kier molecular flexibility index (Phi) is 16.8. The molecule has 0 saturated heterocycles. The summed E-state index contributed by atoms with van der Waals surface area (Å²) in [5.74, 6) is 0. The molecule has 0 bridgehead atoms. The lowest BCUT2D eigenvalue weighted by atomic mass is 10.7. The first-order chi connectivity index (χ1) is 6.76. The molecule has 0 aromatic heterocycles. The van der Waals surface area contributed by atoms with Crippen molar-refractivity contribution in [3.63, 3.8) is 0 Å². The Bertz CT molecular complexity index is 129. The van der Waals surface area contributed by atoms with Gasteiger partial charge in [-0.3, -0.25) is 0 Å². The summed E-state index contributed by atoms with van der Waals surface area (Å²) in [5, 5.41) is 0. The van der Waals surface area contributed by atoms with Crippen LogP contribution in [0.2, 0.25) is 0 Å². The fourth-order valence-electron chi connectivity index (χ4n) is 0.508. The third-order valence-corrected chi connectivity index (χ3v) is 2.18. The Morgan fingerprint density at radius 2 is 1.64 bits per heavy atom. The first-order valence-corrected chi connectivity index (χ1v) is 5.60. The minimum Gasteiger partial charge on any atom is -0.498 e. The summed E-state index contributed by atoms with van der Waals surface area (Å²) in [4.78, 5) is 0. The molecule has 0 aliphatic heterocycles. The lowest BCUT2D eigenvalue weighted by molar-refractivity contribution is 0.163. The third kappa shape index (κ3) is 13.9. The molecule has 84 valence electrons.